The zero-order chi connectivity index (χ0) is 17.2. The topological polar surface area (TPSA) is 49.8 Å². The summed E-state index contributed by atoms with van der Waals surface area (Å²) in [4.78, 5) is 13.6. The van der Waals surface area contributed by atoms with Crippen molar-refractivity contribution in [3.63, 3.8) is 0 Å². The minimum Gasteiger partial charge on any atom is -0.496 e. The highest BCUT2D eigenvalue weighted by Gasteiger charge is 2.40. The number of carboxylic acid groups (broad SMARTS) is 1. The van der Waals surface area contributed by atoms with Crippen molar-refractivity contribution >= 4 is 5.97 Å². The first-order chi connectivity index (χ1) is 11.5. The van der Waals surface area contributed by atoms with E-state index in [0.29, 0.717) is 19.5 Å². The molecule has 3 rings (SSSR count). The second-order valence-electron chi connectivity index (χ2n) is 6.72. The van der Waals surface area contributed by atoms with Gasteiger partial charge in [-0.3, -0.25) is 9.69 Å². The number of nitrogens with zero attached hydrogens (tertiary/aromatic N) is 1. The van der Waals surface area contributed by atoms with Crippen LogP contribution in [-0.2, 0) is 11.3 Å². The van der Waals surface area contributed by atoms with Gasteiger partial charge in [-0.25, -0.2) is 0 Å². The van der Waals surface area contributed by atoms with E-state index in [4.69, 9.17) is 4.74 Å². The number of benzene rings is 2. The average molecular weight is 325 g/mol. The molecule has 4 heteroatoms. The van der Waals surface area contributed by atoms with Crippen LogP contribution in [0.4, 0.5) is 0 Å². The van der Waals surface area contributed by atoms with Gasteiger partial charge in [0.05, 0.1) is 12.5 Å². The highest BCUT2D eigenvalue weighted by atomic mass is 16.5. The molecule has 1 unspecified atom stereocenters. The molecule has 0 radical (unpaired) electrons. The van der Waals surface area contributed by atoms with Crippen LogP contribution in [0.25, 0.3) is 11.1 Å². The standard InChI is InChI=1S/C20H23NO3/c1-20(19(22)23)10-11-21(14-20)13-17-12-16(8-9-18(17)24-2)15-6-4-3-5-7-15/h3-9,12H,10-11,13-14H2,1-2H3,(H,22,23). The lowest BCUT2D eigenvalue weighted by Crippen LogP contribution is -2.31. The zero-order valence-corrected chi connectivity index (χ0v) is 14.2. The van der Waals surface area contributed by atoms with Gasteiger partial charge >= 0.3 is 5.97 Å². The lowest BCUT2D eigenvalue weighted by Gasteiger charge is -2.21. The Bertz CT molecular complexity index is 729. The maximum atomic E-state index is 11.4. The summed E-state index contributed by atoms with van der Waals surface area (Å²) in [7, 11) is 1.67. The Morgan fingerprint density at radius 3 is 2.58 bits per heavy atom. The van der Waals surface area contributed by atoms with Gasteiger partial charge in [-0.15, -0.1) is 0 Å². The van der Waals surface area contributed by atoms with Crippen molar-refractivity contribution in [2.24, 2.45) is 5.41 Å². The van der Waals surface area contributed by atoms with Crippen LogP contribution in [0.15, 0.2) is 48.5 Å². The van der Waals surface area contributed by atoms with Gasteiger partial charge in [-0.2, -0.15) is 0 Å². The summed E-state index contributed by atoms with van der Waals surface area (Å²) in [6.07, 6.45) is 0.684. The van der Waals surface area contributed by atoms with Crippen LogP contribution >= 0.6 is 0 Å². The molecule has 1 heterocycles. The van der Waals surface area contributed by atoms with Gasteiger partial charge in [0.2, 0.25) is 0 Å². The first kappa shape index (κ1) is 16.5. The van der Waals surface area contributed by atoms with E-state index >= 15 is 0 Å². The summed E-state index contributed by atoms with van der Waals surface area (Å²) in [6, 6.07) is 16.4. The molecule has 126 valence electrons. The first-order valence-corrected chi connectivity index (χ1v) is 8.20. The minimum absolute atomic E-state index is 0.570. The molecule has 2 aromatic rings. The number of likely N-dealkylation sites (tertiary alicyclic amines) is 1. The second kappa shape index (κ2) is 6.65. The number of hydrogen-bond donors (Lipinski definition) is 1. The Hall–Kier alpha value is -2.33. The summed E-state index contributed by atoms with van der Waals surface area (Å²) in [5, 5.41) is 9.40. The summed E-state index contributed by atoms with van der Waals surface area (Å²) in [5.74, 6) is 0.133. The van der Waals surface area contributed by atoms with Crippen molar-refractivity contribution < 1.29 is 14.6 Å². The van der Waals surface area contributed by atoms with Crippen LogP contribution in [0.3, 0.4) is 0 Å². The highest BCUT2D eigenvalue weighted by molar-refractivity contribution is 5.75. The van der Waals surface area contributed by atoms with E-state index < -0.39 is 11.4 Å². The molecule has 0 spiro atoms. The summed E-state index contributed by atoms with van der Waals surface area (Å²) in [5.41, 5.74) is 2.75. The molecule has 0 amide bonds. The van der Waals surface area contributed by atoms with E-state index in [-0.39, 0.29) is 0 Å². The lowest BCUT2D eigenvalue weighted by atomic mass is 9.90. The van der Waals surface area contributed by atoms with E-state index in [2.05, 4.69) is 29.2 Å². The van der Waals surface area contributed by atoms with Crippen LogP contribution in [0.2, 0.25) is 0 Å². The predicted octanol–water partition coefficient (Wildman–Crippen LogP) is 3.66. The van der Waals surface area contributed by atoms with Crippen molar-refractivity contribution in [1.29, 1.82) is 0 Å². The van der Waals surface area contributed by atoms with Gasteiger partial charge in [0.25, 0.3) is 0 Å². The van der Waals surface area contributed by atoms with Gasteiger partial charge in [-0.05, 0) is 43.1 Å². The second-order valence-corrected chi connectivity index (χ2v) is 6.72. The Morgan fingerprint density at radius 2 is 1.96 bits per heavy atom. The van der Waals surface area contributed by atoms with Crippen LogP contribution in [-0.4, -0.2) is 36.2 Å². The third-order valence-corrected chi connectivity index (χ3v) is 4.85. The quantitative estimate of drug-likeness (QED) is 0.911. The van der Waals surface area contributed by atoms with Crippen molar-refractivity contribution in [2.75, 3.05) is 20.2 Å². The van der Waals surface area contributed by atoms with Crippen LogP contribution in [0.1, 0.15) is 18.9 Å². The molecule has 0 aromatic heterocycles. The molecule has 1 atom stereocenters. The molecule has 1 aliphatic rings. The molecule has 1 saturated heterocycles. The Kier molecular flexibility index (Phi) is 4.58. The zero-order valence-electron chi connectivity index (χ0n) is 14.2. The van der Waals surface area contributed by atoms with Crippen LogP contribution < -0.4 is 4.74 Å². The molecule has 0 aliphatic carbocycles. The van der Waals surface area contributed by atoms with E-state index in [0.717, 1.165) is 29.0 Å². The average Bonchev–Trinajstić information content (AvgIpc) is 2.98. The number of aliphatic carboxylic acids is 1. The highest BCUT2D eigenvalue weighted by Crippen LogP contribution is 2.33. The van der Waals surface area contributed by atoms with Crippen molar-refractivity contribution in [3.05, 3.63) is 54.1 Å². The molecule has 24 heavy (non-hydrogen) atoms. The van der Waals surface area contributed by atoms with Crippen LogP contribution in [0, 0.1) is 5.41 Å². The summed E-state index contributed by atoms with van der Waals surface area (Å²) >= 11 is 0. The fraction of sp³-hybridized carbons (Fsp3) is 0.350. The fourth-order valence-electron chi connectivity index (χ4n) is 3.32. The molecule has 0 bridgehead atoms. The SMILES string of the molecule is COc1ccc(-c2ccccc2)cc1CN1CCC(C)(C(=O)O)C1. The Morgan fingerprint density at radius 1 is 1.21 bits per heavy atom. The number of carbonyl (C=O) groups is 1. The smallest absolute Gasteiger partial charge is 0.310 e. The molecule has 1 N–H and O–H groups in total. The van der Waals surface area contributed by atoms with Gasteiger partial charge in [0.15, 0.2) is 0 Å². The minimum atomic E-state index is -0.713. The van der Waals surface area contributed by atoms with Crippen LogP contribution in [0.5, 0.6) is 5.75 Å². The normalized spacial score (nSPS) is 20.9. The number of rotatable bonds is 5. The van der Waals surface area contributed by atoms with E-state index in [1.54, 1.807) is 7.11 Å². The van der Waals surface area contributed by atoms with Crippen molar-refractivity contribution in [3.8, 4) is 16.9 Å². The first-order valence-electron chi connectivity index (χ1n) is 8.20. The monoisotopic (exact) mass is 325 g/mol. The maximum absolute atomic E-state index is 11.4. The molecular formula is C20H23NO3. The van der Waals surface area contributed by atoms with Crippen molar-refractivity contribution in [2.45, 2.75) is 19.9 Å². The van der Waals surface area contributed by atoms with Crippen molar-refractivity contribution in [1.82, 2.24) is 4.90 Å². The Balaban J connectivity index is 1.83. The molecule has 1 fully saturated rings. The Labute approximate surface area is 142 Å². The maximum Gasteiger partial charge on any atom is 0.310 e. The predicted molar refractivity (Wildman–Crippen MR) is 94.1 cm³/mol. The van der Waals surface area contributed by atoms with Gasteiger partial charge in [0.1, 0.15) is 5.75 Å². The fourth-order valence-corrected chi connectivity index (χ4v) is 3.32. The lowest BCUT2D eigenvalue weighted by molar-refractivity contribution is -0.147. The largest absolute Gasteiger partial charge is 0.496 e. The van der Waals surface area contributed by atoms with E-state index in [1.165, 1.54) is 0 Å². The number of hydrogen-bond acceptors (Lipinski definition) is 3. The third-order valence-electron chi connectivity index (χ3n) is 4.85. The summed E-state index contributed by atoms with van der Waals surface area (Å²) in [6.45, 7) is 3.89. The molecule has 4 nitrogen and oxygen atoms in total. The number of ether oxygens (including phenoxy) is 1. The third kappa shape index (κ3) is 3.29. The van der Waals surface area contributed by atoms with Gasteiger partial charge < -0.3 is 9.84 Å². The van der Waals surface area contributed by atoms with Gasteiger partial charge in [0, 0.05) is 18.7 Å². The molecule has 2 aromatic carbocycles. The number of carboxylic acids is 1. The molecular weight excluding hydrogens is 302 g/mol. The number of methoxy groups -OCH3 is 1. The van der Waals surface area contributed by atoms with Gasteiger partial charge in [-0.1, -0.05) is 36.4 Å². The van der Waals surface area contributed by atoms with E-state index in [9.17, 15) is 9.90 Å². The van der Waals surface area contributed by atoms with E-state index in [1.807, 2.05) is 31.2 Å². The summed E-state index contributed by atoms with van der Waals surface area (Å²) < 4.78 is 5.50. The molecule has 1 aliphatic heterocycles. The molecule has 0 saturated carbocycles.